The molecule has 3 nitrogen and oxygen atoms in total. The van der Waals surface area contributed by atoms with Crippen molar-refractivity contribution in [3.8, 4) is 6.07 Å². The lowest BCUT2D eigenvalue weighted by Crippen LogP contribution is -1.97. The predicted molar refractivity (Wildman–Crippen MR) is 69.9 cm³/mol. The topological polar surface area (TPSA) is 45.4 Å². The molecule has 0 radical (unpaired) electrons. The van der Waals surface area contributed by atoms with Crippen LogP contribution >= 0.6 is 0 Å². The lowest BCUT2D eigenvalue weighted by atomic mass is 10.1. The SMILES string of the molecule is N#Cc1ccccc1C=NOCc1c(F)cccc1F. The minimum atomic E-state index is -0.683. The van der Waals surface area contributed by atoms with Crippen LogP contribution in [0.3, 0.4) is 0 Å². The summed E-state index contributed by atoms with van der Waals surface area (Å²) in [5, 5.41) is 12.5. The summed E-state index contributed by atoms with van der Waals surface area (Å²) in [4.78, 5) is 4.86. The van der Waals surface area contributed by atoms with Crippen molar-refractivity contribution in [3.63, 3.8) is 0 Å². The molecule has 0 saturated heterocycles. The van der Waals surface area contributed by atoms with Crippen LogP contribution in [-0.4, -0.2) is 6.21 Å². The van der Waals surface area contributed by atoms with Crippen molar-refractivity contribution in [2.75, 3.05) is 0 Å². The fourth-order valence-electron chi connectivity index (χ4n) is 1.58. The van der Waals surface area contributed by atoms with Gasteiger partial charge in [-0.2, -0.15) is 5.26 Å². The molecule has 5 heteroatoms. The van der Waals surface area contributed by atoms with Gasteiger partial charge < -0.3 is 4.84 Å². The summed E-state index contributed by atoms with van der Waals surface area (Å²) in [5.41, 5.74) is 0.833. The summed E-state index contributed by atoms with van der Waals surface area (Å²) in [6, 6.07) is 12.4. The van der Waals surface area contributed by atoms with Crippen molar-refractivity contribution in [1.29, 1.82) is 5.26 Å². The fourth-order valence-corrected chi connectivity index (χ4v) is 1.58. The van der Waals surface area contributed by atoms with E-state index >= 15 is 0 Å². The molecule has 0 N–H and O–H groups in total. The van der Waals surface area contributed by atoms with Gasteiger partial charge in [-0.1, -0.05) is 29.4 Å². The summed E-state index contributed by atoms with van der Waals surface area (Å²) in [5.74, 6) is -1.37. The second-order valence-corrected chi connectivity index (χ2v) is 3.91. The summed E-state index contributed by atoms with van der Waals surface area (Å²) < 4.78 is 26.6. The molecule has 0 aliphatic carbocycles. The summed E-state index contributed by atoms with van der Waals surface area (Å²) in [7, 11) is 0. The highest BCUT2D eigenvalue weighted by Crippen LogP contribution is 2.13. The minimum absolute atomic E-state index is 0.182. The zero-order chi connectivity index (χ0) is 14.4. The van der Waals surface area contributed by atoms with E-state index in [4.69, 9.17) is 10.1 Å². The van der Waals surface area contributed by atoms with Gasteiger partial charge in [-0.25, -0.2) is 8.78 Å². The summed E-state index contributed by atoms with van der Waals surface area (Å²) in [6.07, 6.45) is 1.33. The molecule has 0 spiro atoms. The molecule has 0 aromatic heterocycles. The van der Waals surface area contributed by atoms with Crippen molar-refractivity contribution in [3.05, 3.63) is 70.8 Å². The maximum Gasteiger partial charge on any atom is 0.147 e. The van der Waals surface area contributed by atoms with Gasteiger partial charge in [-0.05, 0) is 18.2 Å². The van der Waals surface area contributed by atoms with Crippen LogP contribution in [0.25, 0.3) is 0 Å². The predicted octanol–water partition coefficient (Wildman–Crippen LogP) is 3.39. The van der Waals surface area contributed by atoms with Gasteiger partial charge in [-0.15, -0.1) is 0 Å². The number of hydrogen-bond donors (Lipinski definition) is 0. The number of nitriles is 1. The first-order chi connectivity index (χ1) is 9.72. The van der Waals surface area contributed by atoms with Crippen LogP contribution in [0.1, 0.15) is 16.7 Å². The Morgan fingerprint density at radius 2 is 1.80 bits per heavy atom. The van der Waals surface area contributed by atoms with E-state index in [1.165, 1.54) is 12.3 Å². The molecule has 0 amide bonds. The number of rotatable bonds is 4. The third kappa shape index (κ3) is 3.18. The van der Waals surface area contributed by atoms with Crippen molar-refractivity contribution >= 4 is 6.21 Å². The van der Waals surface area contributed by atoms with E-state index in [-0.39, 0.29) is 12.2 Å². The molecule has 2 aromatic carbocycles. The molecule has 2 aromatic rings. The number of hydrogen-bond acceptors (Lipinski definition) is 3. The van der Waals surface area contributed by atoms with Crippen LogP contribution in [0.5, 0.6) is 0 Å². The smallest absolute Gasteiger partial charge is 0.147 e. The molecule has 0 unspecified atom stereocenters. The monoisotopic (exact) mass is 272 g/mol. The molecule has 0 fully saturated rings. The van der Waals surface area contributed by atoms with E-state index in [1.807, 2.05) is 6.07 Å². The standard InChI is InChI=1S/C15H10F2N2O/c16-14-6-3-7-15(17)13(14)10-20-19-9-12-5-2-1-4-11(12)8-18/h1-7,9H,10H2. The molecule has 100 valence electrons. The third-order valence-electron chi connectivity index (χ3n) is 2.62. The Morgan fingerprint density at radius 3 is 2.50 bits per heavy atom. The molecule has 0 aliphatic heterocycles. The summed E-state index contributed by atoms with van der Waals surface area (Å²) >= 11 is 0. The zero-order valence-corrected chi connectivity index (χ0v) is 10.4. The quantitative estimate of drug-likeness (QED) is 0.632. The van der Waals surface area contributed by atoms with Crippen molar-refractivity contribution in [2.45, 2.75) is 6.61 Å². The molecule has 2 rings (SSSR count). The normalized spacial score (nSPS) is 10.4. The number of oxime groups is 1. The fraction of sp³-hybridized carbons (Fsp3) is 0.0667. The van der Waals surface area contributed by atoms with Crippen LogP contribution in [-0.2, 0) is 11.4 Å². The highest BCUT2D eigenvalue weighted by molar-refractivity contribution is 5.82. The molecular formula is C15H10F2N2O. The Kier molecular flexibility index (Phi) is 4.40. The Labute approximate surface area is 114 Å². The van der Waals surface area contributed by atoms with Gasteiger partial charge in [0.2, 0.25) is 0 Å². The largest absolute Gasteiger partial charge is 0.391 e. The van der Waals surface area contributed by atoms with Crippen LogP contribution in [0, 0.1) is 23.0 Å². The second-order valence-electron chi connectivity index (χ2n) is 3.91. The van der Waals surface area contributed by atoms with E-state index in [9.17, 15) is 8.78 Å². The molecule has 0 bridgehead atoms. The zero-order valence-electron chi connectivity index (χ0n) is 10.4. The molecule has 0 atom stereocenters. The molecule has 0 heterocycles. The lowest BCUT2D eigenvalue weighted by Gasteiger charge is -2.03. The maximum atomic E-state index is 13.3. The first-order valence-corrected chi connectivity index (χ1v) is 5.79. The first kappa shape index (κ1) is 13.7. The van der Waals surface area contributed by atoms with Gasteiger partial charge in [0.1, 0.15) is 18.2 Å². The van der Waals surface area contributed by atoms with E-state index in [1.54, 1.807) is 24.3 Å². The average molecular weight is 272 g/mol. The van der Waals surface area contributed by atoms with E-state index in [0.717, 1.165) is 12.1 Å². The lowest BCUT2D eigenvalue weighted by molar-refractivity contribution is 0.126. The van der Waals surface area contributed by atoms with Crippen molar-refractivity contribution in [1.82, 2.24) is 0 Å². The third-order valence-corrected chi connectivity index (χ3v) is 2.62. The number of nitrogens with zero attached hydrogens (tertiary/aromatic N) is 2. The Morgan fingerprint density at radius 1 is 1.10 bits per heavy atom. The van der Waals surface area contributed by atoms with Gasteiger partial charge in [0.05, 0.1) is 23.4 Å². The van der Waals surface area contributed by atoms with Gasteiger partial charge in [0.25, 0.3) is 0 Å². The van der Waals surface area contributed by atoms with Crippen molar-refractivity contribution in [2.24, 2.45) is 5.16 Å². The highest BCUT2D eigenvalue weighted by atomic mass is 19.1. The first-order valence-electron chi connectivity index (χ1n) is 5.79. The Balaban J connectivity index is 2.03. The summed E-state index contributed by atoms with van der Waals surface area (Å²) in [6.45, 7) is -0.316. The van der Waals surface area contributed by atoms with Crippen LogP contribution < -0.4 is 0 Å². The Hall–Kier alpha value is -2.74. The van der Waals surface area contributed by atoms with Gasteiger partial charge in [0, 0.05) is 5.56 Å². The molecule has 0 saturated carbocycles. The second kappa shape index (κ2) is 6.43. The van der Waals surface area contributed by atoms with E-state index in [0.29, 0.717) is 11.1 Å². The van der Waals surface area contributed by atoms with Crippen LogP contribution in [0.15, 0.2) is 47.6 Å². The molecule has 20 heavy (non-hydrogen) atoms. The van der Waals surface area contributed by atoms with Gasteiger partial charge in [0.15, 0.2) is 0 Å². The molecule has 0 aliphatic rings. The average Bonchev–Trinajstić information content (AvgIpc) is 2.46. The van der Waals surface area contributed by atoms with Gasteiger partial charge in [-0.3, -0.25) is 0 Å². The number of benzene rings is 2. The van der Waals surface area contributed by atoms with Crippen LogP contribution in [0.2, 0.25) is 0 Å². The minimum Gasteiger partial charge on any atom is -0.391 e. The van der Waals surface area contributed by atoms with Gasteiger partial charge >= 0.3 is 0 Å². The number of halogens is 2. The Bertz CT molecular complexity index is 658. The van der Waals surface area contributed by atoms with Crippen LogP contribution in [0.4, 0.5) is 8.78 Å². The van der Waals surface area contributed by atoms with Crippen molar-refractivity contribution < 1.29 is 13.6 Å². The maximum absolute atomic E-state index is 13.3. The highest BCUT2D eigenvalue weighted by Gasteiger charge is 2.08. The molecular weight excluding hydrogens is 262 g/mol. The van der Waals surface area contributed by atoms with E-state index < -0.39 is 11.6 Å². The van der Waals surface area contributed by atoms with E-state index in [2.05, 4.69) is 5.16 Å².